The zero-order valence-electron chi connectivity index (χ0n) is 18.1. The molecule has 0 fully saturated rings. The van der Waals surface area contributed by atoms with Crippen molar-refractivity contribution in [1.82, 2.24) is 25.4 Å². The molecule has 2 N–H and O–H groups in total. The molecule has 0 aromatic carbocycles. The maximum absolute atomic E-state index is 5.80. The normalized spacial score (nSPS) is 11.1. The molecular weight excluding hydrogens is 479 g/mol. The van der Waals surface area contributed by atoms with Crippen LogP contribution in [0.3, 0.4) is 0 Å². The van der Waals surface area contributed by atoms with E-state index < -0.39 is 0 Å². The molecule has 7 nitrogen and oxygen atoms in total. The zero-order valence-corrected chi connectivity index (χ0v) is 20.4. The van der Waals surface area contributed by atoms with E-state index in [0.717, 1.165) is 56.1 Å². The van der Waals surface area contributed by atoms with Gasteiger partial charge in [0.25, 0.3) is 0 Å². The van der Waals surface area contributed by atoms with Gasteiger partial charge in [0.1, 0.15) is 0 Å². The molecule has 0 saturated heterocycles. The molecule has 2 aromatic heterocycles. The van der Waals surface area contributed by atoms with Gasteiger partial charge in [-0.1, -0.05) is 19.4 Å². The summed E-state index contributed by atoms with van der Waals surface area (Å²) < 4.78 is 7.85. The molecule has 0 spiro atoms. The smallest absolute Gasteiger partial charge is 0.218 e. The number of aryl methyl sites for hydroxylation is 3. The van der Waals surface area contributed by atoms with Crippen LogP contribution in [0.15, 0.2) is 29.4 Å². The fourth-order valence-corrected chi connectivity index (χ4v) is 2.83. The van der Waals surface area contributed by atoms with Crippen LogP contribution in [0.1, 0.15) is 50.1 Å². The van der Waals surface area contributed by atoms with E-state index in [4.69, 9.17) is 9.73 Å². The summed E-state index contributed by atoms with van der Waals surface area (Å²) in [7, 11) is 0. The highest BCUT2D eigenvalue weighted by Gasteiger charge is 2.05. The molecule has 8 heteroatoms. The van der Waals surface area contributed by atoms with Crippen LogP contribution in [-0.2, 0) is 13.1 Å². The van der Waals surface area contributed by atoms with E-state index in [1.807, 2.05) is 19.1 Å². The minimum absolute atomic E-state index is 0. The number of guanidine groups is 1. The monoisotopic (exact) mass is 514 g/mol. The van der Waals surface area contributed by atoms with E-state index in [1.54, 1.807) is 6.20 Å². The van der Waals surface area contributed by atoms with E-state index in [9.17, 15) is 0 Å². The quantitative estimate of drug-likeness (QED) is 0.206. The van der Waals surface area contributed by atoms with Crippen LogP contribution >= 0.6 is 24.0 Å². The number of nitrogens with zero attached hydrogens (tertiary/aromatic N) is 4. The molecular formula is C21H35IN6O. The van der Waals surface area contributed by atoms with Crippen molar-refractivity contribution < 1.29 is 4.74 Å². The molecule has 0 aliphatic rings. The third-order valence-electron chi connectivity index (χ3n) is 4.28. The van der Waals surface area contributed by atoms with Crippen LogP contribution in [-0.4, -0.2) is 40.4 Å². The molecule has 0 bridgehead atoms. The Hall–Kier alpha value is -1.84. The van der Waals surface area contributed by atoms with Crippen molar-refractivity contribution in [3.05, 3.63) is 41.3 Å². The van der Waals surface area contributed by atoms with Crippen molar-refractivity contribution in [1.29, 1.82) is 0 Å². The summed E-state index contributed by atoms with van der Waals surface area (Å²) in [6.07, 6.45) is 4.87. The van der Waals surface area contributed by atoms with Gasteiger partial charge >= 0.3 is 0 Å². The lowest BCUT2D eigenvalue weighted by Crippen LogP contribution is -2.38. The highest BCUT2D eigenvalue weighted by molar-refractivity contribution is 14.0. The minimum Gasteiger partial charge on any atom is -0.477 e. The lowest BCUT2D eigenvalue weighted by Gasteiger charge is -2.13. The number of ether oxygens (including phenoxy) is 1. The summed E-state index contributed by atoms with van der Waals surface area (Å²) in [4.78, 5) is 9.04. The number of hydrogen-bond donors (Lipinski definition) is 2. The Bertz CT molecular complexity index is 747. The van der Waals surface area contributed by atoms with Gasteiger partial charge in [0.15, 0.2) is 5.96 Å². The molecule has 0 radical (unpaired) electrons. The number of nitrogens with one attached hydrogen (secondary N) is 2. The van der Waals surface area contributed by atoms with Crippen molar-refractivity contribution in [3.8, 4) is 5.88 Å². The van der Waals surface area contributed by atoms with Gasteiger partial charge in [-0.25, -0.2) is 9.98 Å². The average molecular weight is 514 g/mol. The topological polar surface area (TPSA) is 76.4 Å². The predicted molar refractivity (Wildman–Crippen MR) is 129 cm³/mol. The van der Waals surface area contributed by atoms with Crippen LogP contribution in [0.4, 0.5) is 0 Å². The maximum Gasteiger partial charge on any atom is 0.218 e. The molecule has 0 atom stereocenters. The summed E-state index contributed by atoms with van der Waals surface area (Å²) in [5.74, 6) is 1.49. The fraction of sp³-hybridized carbons (Fsp3) is 0.571. The molecule has 0 unspecified atom stereocenters. The van der Waals surface area contributed by atoms with Crippen LogP contribution in [0.2, 0.25) is 0 Å². The summed E-state index contributed by atoms with van der Waals surface area (Å²) in [5.41, 5.74) is 3.26. The van der Waals surface area contributed by atoms with Gasteiger partial charge in [0, 0.05) is 37.1 Å². The van der Waals surface area contributed by atoms with E-state index >= 15 is 0 Å². The van der Waals surface area contributed by atoms with Gasteiger partial charge in [0.2, 0.25) is 5.88 Å². The summed E-state index contributed by atoms with van der Waals surface area (Å²) >= 11 is 0. The molecule has 29 heavy (non-hydrogen) atoms. The van der Waals surface area contributed by atoms with Crippen molar-refractivity contribution in [3.63, 3.8) is 0 Å². The predicted octanol–water partition coefficient (Wildman–Crippen LogP) is 3.84. The Balaban J connectivity index is 0.00000420. The molecule has 0 aliphatic carbocycles. The second kappa shape index (κ2) is 14.2. The Morgan fingerprint density at radius 1 is 1.21 bits per heavy atom. The largest absolute Gasteiger partial charge is 0.477 e. The third kappa shape index (κ3) is 9.01. The van der Waals surface area contributed by atoms with E-state index in [2.05, 4.69) is 52.2 Å². The number of unbranched alkanes of at least 4 members (excludes halogenated alkanes) is 1. The van der Waals surface area contributed by atoms with Gasteiger partial charge in [0.05, 0.1) is 18.8 Å². The van der Waals surface area contributed by atoms with Crippen molar-refractivity contribution in [2.45, 2.75) is 60.0 Å². The van der Waals surface area contributed by atoms with Crippen LogP contribution < -0.4 is 15.4 Å². The van der Waals surface area contributed by atoms with Gasteiger partial charge in [-0.05, 0) is 45.7 Å². The first-order valence-electron chi connectivity index (χ1n) is 10.2. The van der Waals surface area contributed by atoms with Gasteiger partial charge in [-0.2, -0.15) is 5.10 Å². The highest BCUT2D eigenvalue weighted by Crippen LogP contribution is 2.15. The SMILES string of the molecule is CCCCOc1ncccc1CN=C(NCC)NCCCn1nc(C)cc1C.I. The minimum atomic E-state index is 0. The van der Waals surface area contributed by atoms with Gasteiger partial charge in [-0.3, -0.25) is 4.68 Å². The molecule has 2 rings (SSSR count). The first-order valence-corrected chi connectivity index (χ1v) is 10.2. The number of halogens is 1. The van der Waals surface area contributed by atoms with E-state index in [1.165, 1.54) is 5.69 Å². The van der Waals surface area contributed by atoms with Gasteiger partial charge < -0.3 is 15.4 Å². The zero-order chi connectivity index (χ0) is 20.2. The maximum atomic E-state index is 5.80. The number of rotatable bonds is 11. The average Bonchev–Trinajstić information content (AvgIpc) is 3.01. The van der Waals surface area contributed by atoms with Crippen LogP contribution in [0.5, 0.6) is 5.88 Å². The number of aromatic nitrogens is 3. The van der Waals surface area contributed by atoms with Crippen LogP contribution in [0.25, 0.3) is 0 Å². The number of hydrogen-bond acceptors (Lipinski definition) is 4. The molecule has 2 heterocycles. The second-order valence-electron chi connectivity index (χ2n) is 6.80. The molecule has 162 valence electrons. The Kier molecular flexibility index (Phi) is 12.3. The van der Waals surface area contributed by atoms with Gasteiger partial charge in [-0.15, -0.1) is 24.0 Å². The summed E-state index contributed by atoms with van der Waals surface area (Å²) in [6.45, 7) is 12.1. The van der Waals surface area contributed by atoms with Crippen molar-refractivity contribution in [2.24, 2.45) is 4.99 Å². The van der Waals surface area contributed by atoms with E-state index in [-0.39, 0.29) is 24.0 Å². The lowest BCUT2D eigenvalue weighted by molar-refractivity contribution is 0.294. The second-order valence-corrected chi connectivity index (χ2v) is 6.80. The first kappa shape index (κ1) is 25.2. The van der Waals surface area contributed by atoms with Crippen molar-refractivity contribution in [2.75, 3.05) is 19.7 Å². The number of pyridine rings is 1. The summed E-state index contributed by atoms with van der Waals surface area (Å²) in [5, 5.41) is 11.2. The molecule has 0 amide bonds. The van der Waals surface area contributed by atoms with Crippen LogP contribution in [0, 0.1) is 13.8 Å². The third-order valence-corrected chi connectivity index (χ3v) is 4.28. The standard InChI is InChI=1S/C21H34N6O.HI/c1-5-7-14-28-20-19(10-8-11-23-20)16-25-21(22-6-2)24-12-9-13-27-18(4)15-17(3)26-27;/h8,10-11,15H,5-7,9,12-14,16H2,1-4H3,(H2,22,24,25);1H. The Morgan fingerprint density at radius 3 is 2.72 bits per heavy atom. The Labute approximate surface area is 191 Å². The molecule has 0 saturated carbocycles. The number of aliphatic imine (C=N–C) groups is 1. The summed E-state index contributed by atoms with van der Waals surface area (Å²) in [6, 6.07) is 6.05. The molecule has 2 aromatic rings. The lowest BCUT2D eigenvalue weighted by atomic mass is 10.2. The van der Waals surface area contributed by atoms with E-state index in [0.29, 0.717) is 19.0 Å². The highest BCUT2D eigenvalue weighted by atomic mass is 127. The van der Waals surface area contributed by atoms with Crippen molar-refractivity contribution >= 4 is 29.9 Å². The Morgan fingerprint density at radius 2 is 2.03 bits per heavy atom. The fourth-order valence-electron chi connectivity index (χ4n) is 2.83. The first-order chi connectivity index (χ1) is 13.6. The molecule has 0 aliphatic heterocycles.